The van der Waals surface area contributed by atoms with Crippen molar-refractivity contribution < 1.29 is 4.42 Å². The van der Waals surface area contributed by atoms with Gasteiger partial charge in [0.2, 0.25) is 0 Å². The molecule has 0 amide bonds. The van der Waals surface area contributed by atoms with Crippen LogP contribution in [0.4, 0.5) is 11.4 Å². The van der Waals surface area contributed by atoms with Crippen LogP contribution in [0.25, 0.3) is 66.8 Å². The molecule has 0 radical (unpaired) electrons. The molecule has 7 aromatic carbocycles. The average Bonchev–Trinajstić information content (AvgIpc) is 3.92. The van der Waals surface area contributed by atoms with E-state index in [0.29, 0.717) is 5.92 Å². The van der Waals surface area contributed by atoms with E-state index in [4.69, 9.17) is 4.42 Å². The third-order valence-corrected chi connectivity index (χ3v) is 13.4. The molecule has 282 valence electrons. The first-order valence-corrected chi connectivity index (χ1v) is 20.8. The minimum atomic E-state index is -0.168. The minimum absolute atomic E-state index is 0.168. The molecule has 3 nitrogen and oxygen atoms in total. The number of rotatable bonds is 5. The third kappa shape index (κ3) is 5.14. The van der Waals surface area contributed by atoms with Crippen molar-refractivity contribution in [2.45, 2.75) is 37.1 Å². The second-order valence-corrected chi connectivity index (χ2v) is 16.7. The van der Waals surface area contributed by atoms with E-state index in [0.717, 1.165) is 17.0 Å². The molecule has 0 spiro atoms. The molecule has 3 heterocycles. The zero-order valence-corrected chi connectivity index (χ0v) is 33.1. The fourth-order valence-electron chi connectivity index (χ4n) is 10.6. The van der Waals surface area contributed by atoms with Crippen LogP contribution in [0.3, 0.4) is 0 Å². The number of hydrogen-bond acceptors (Lipinski definition) is 2. The van der Waals surface area contributed by atoms with Gasteiger partial charge >= 0.3 is 0 Å². The Hall–Kier alpha value is -7.10. The van der Waals surface area contributed by atoms with Gasteiger partial charge in [-0.15, -0.1) is 0 Å². The Kier molecular flexibility index (Phi) is 7.46. The summed E-state index contributed by atoms with van der Waals surface area (Å²) in [5.41, 5.74) is 15.6. The normalized spacial score (nSPS) is 20.4. The van der Waals surface area contributed by atoms with E-state index in [2.05, 4.69) is 224 Å². The first-order valence-electron chi connectivity index (χ1n) is 20.8. The summed E-state index contributed by atoms with van der Waals surface area (Å²) in [6.07, 6.45) is 13.7. The summed E-state index contributed by atoms with van der Waals surface area (Å²) in [4.78, 5) is 2.55. The van der Waals surface area contributed by atoms with E-state index in [1.165, 1.54) is 77.5 Å². The molecule has 2 aromatic heterocycles. The van der Waals surface area contributed by atoms with Crippen molar-refractivity contribution in [3.05, 3.63) is 217 Å². The van der Waals surface area contributed by atoms with Crippen LogP contribution >= 0.6 is 0 Å². The Morgan fingerprint density at radius 1 is 0.559 bits per heavy atom. The van der Waals surface area contributed by atoms with Gasteiger partial charge in [0.15, 0.2) is 0 Å². The number of anilines is 2. The van der Waals surface area contributed by atoms with Crippen molar-refractivity contribution in [3.8, 4) is 27.9 Å². The molecule has 4 atom stereocenters. The van der Waals surface area contributed by atoms with Crippen LogP contribution in [0.15, 0.2) is 199 Å². The first kappa shape index (κ1) is 34.0. The smallest absolute Gasteiger partial charge is 0.135 e. The average molecular weight is 759 g/mol. The number of para-hydroxylation sites is 2. The lowest BCUT2D eigenvalue weighted by Crippen LogP contribution is -2.42. The molecule has 0 saturated heterocycles. The van der Waals surface area contributed by atoms with E-state index in [1.54, 1.807) is 0 Å². The number of furan rings is 1. The Labute approximate surface area is 344 Å². The number of hydrogen-bond donors (Lipinski definition) is 0. The van der Waals surface area contributed by atoms with E-state index in [9.17, 15) is 0 Å². The number of aromatic nitrogens is 1. The van der Waals surface area contributed by atoms with Gasteiger partial charge in [-0.2, -0.15) is 0 Å². The van der Waals surface area contributed by atoms with Gasteiger partial charge in [-0.25, -0.2) is 0 Å². The molecule has 3 heteroatoms. The summed E-state index contributed by atoms with van der Waals surface area (Å²) in [6.45, 7) is 4.74. The zero-order valence-electron chi connectivity index (χ0n) is 33.1. The fourth-order valence-corrected chi connectivity index (χ4v) is 10.6. The number of nitrogens with zero attached hydrogens (tertiary/aromatic N) is 2. The lowest BCUT2D eigenvalue weighted by atomic mass is 9.77. The molecule has 59 heavy (non-hydrogen) atoms. The van der Waals surface area contributed by atoms with Crippen LogP contribution in [0.5, 0.6) is 0 Å². The van der Waals surface area contributed by atoms with Crippen LogP contribution in [-0.2, 0) is 0 Å². The maximum atomic E-state index is 6.58. The molecule has 3 aliphatic rings. The van der Waals surface area contributed by atoms with Crippen molar-refractivity contribution in [2.75, 3.05) is 4.90 Å². The summed E-state index contributed by atoms with van der Waals surface area (Å²) in [6, 6.07) is 60.1. The highest BCUT2D eigenvalue weighted by Gasteiger charge is 2.46. The maximum Gasteiger partial charge on any atom is 0.135 e. The minimum Gasteiger partial charge on any atom is -0.456 e. The van der Waals surface area contributed by atoms with Gasteiger partial charge in [0.05, 0.1) is 16.6 Å². The Balaban J connectivity index is 0.939. The molecule has 2 aliphatic carbocycles. The lowest BCUT2D eigenvalue weighted by Gasteiger charge is -2.39. The summed E-state index contributed by atoms with van der Waals surface area (Å²) in [5, 5.41) is 3.68. The van der Waals surface area contributed by atoms with Crippen LogP contribution in [0.1, 0.15) is 54.1 Å². The third-order valence-electron chi connectivity index (χ3n) is 13.4. The predicted octanol–water partition coefficient (Wildman–Crippen LogP) is 14.9. The zero-order chi connectivity index (χ0) is 39.2. The summed E-state index contributed by atoms with van der Waals surface area (Å²) in [5.74, 6) is 1.70. The molecule has 1 aliphatic heterocycles. The molecule has 4 unspecified atom stereocenters. The van der Waals surface area contributed by atoms with Crippen molar-refractivity contribution in [1.82, 2.24) is 4.57 Å². The van der Waals surface area contributed by atoms with Gasteiger partial charge in [0, 0.05) is 50.6 Å². The summed E-state index contributed by atoms with van der Waals surface area (Å²) >= 11 is 0. The van der Waals surface area contributed by atoms with Gasteiger partial charge in [0.25, 0.3) is 0 Å². The van der Waals surface area contributed by atoms with Crippen LogP contribution in [0.2, 0.25) is 0 Å². The molecule has 0 saturated carbocycles. The fraction of sp³-hybridized carbons (Fsp3) is 0.107. The quantitative estimate of drug-likeness (QED) is 0.174. The highest BCUT2D eigenvalue weighted by atomic mass is 16.3. The molecule has 0 N–H and O–H groups in total. The SMILES string of the molecule is CC1c2c(oc3ccc(-c4ccc5c(c4)c4cc(-c6ccccc6)ccc4n5-c4ccccc4)cc23)C=CC1c1cccc(N2c3ccccc3C3C=CC=CC32C)c1. The van der Waals surface area contributed by atoms with Crippen LogP contribution in [0, 0.1) is 0 Å². The van der Waals surface area contributed by atoms with Crippen LogP contribution < -0.4 is 4.90 Å². The standard InChI is InChI=1S/C56H42N2O/c1-36-44(41-16-13-19-43(32-41)58-52-22-10-9-20-45(52)49-21-11-12-31-56(49,58)2)26-30-54-55(36)48-35-40(25-29-53(48)59-54)39-24-28-51-47(34-39)46-33-38(37-14-5-3-6-15-37)23-27-50(46)57(51)42-17-7-4-8-18-42/h3-36,44,49H,1-2H3. The monoisotopic (exact) mass is 758 g/mol. The van der Waals surface area contributed by atoms with Crippen molar-refractivity contribution in [2.24, 2.45) is 0 Å². The van der Waals surface area contributed by atoms with Crippen molar-refractivity contribution in [3.63, 3.8) is 0 Å². The maximum absolute atomic E-state index is 6.58. The van der Waals surface area contributed by atoms with Crippen molar-refractivity contribution >= 4 is 50.2 Å². The number of benzene rings is 7. The molecule has 9 aromatic rings. The van der Waals surface area contributed by atoms with Gasteiger partial charge in [-0.1, -0.05) is 134 Å². The summed E-state index contributed by atoms with van der Waals surface area (Å²) in [7, 11) is 0. The highest BCUT2D eigenvalue weighted by Crippen LogP contribution is 2.54. The predicted molar refractivity (Wildman–Crippen MR) is 246 cm³/mol. The molecule has 0 bridgehead atoms. The highest BCUT2D eigenvalue weighted by molar-refractivity contribution is 6.12. The summed E-state index contributed by atoms with van der Waals surface area (Å²) < 4.78 is 8.97. The van der Waals surface area contributed by atoms with Gasteiger partial charge in [-0.05, 0) is 119 Å². The van der Waals surface area contributed by atoms with Gasteiger partial charge in [0.1, 0.15) is 11.3 Å². The Bertz CT molecular complexity index is 3220. The lowest BCUT2D eigenvalue weighted by molar-refractivity contribution is 0.542. The topological polar surface area (TPSA) is 21.3 Å². The number of allylic oxidation sites excluding steroid dienone is 3. The van der Waals surface area contributed by atoms with E-state index < -0.39 is 0 Å². The van der Waals surface area contributed by atoms with E-state index >= 15 is 0 Å². The number of fused-ring (bicyclic) bond motifs is 9. The molecule has 12 rings (SSSR count). The van der Waals surface area contributed by atoms with E-state index in [1.807, 2.05) is 0 Å². The van der Waals surface area contributed by atoms with E-state index in [-0.39, 0.29) is 17.4 Å². The first-order chi connectivity index (χ1) is 29.0. The largest absolute Gasteiger partial charge is 0.456 e. The van der Waals surface area contributed by atoms with Crippen molar-refractivity contribution in [1.29, 1.82) is 0 Å². The molecular formula is C56H42N2O. The molecule has 0 fully saturated rings. The van der Waals surface area contributed by atoms with Gasteiger partial charge < -0.3 is 13.9 Å². The van der Waals surface area contributed by atoms with Crippen LogP contribution in [-0.4, -0.2) is 10.1 Å². The molecular weight excluding hydrogens is 717 g/mol. The second kappa shape index (κ2) is 13.0. The Morgan fingerprint density at radius 2 is 1.22 bits per heavy atom. The second-order valence-electron chi connectivity index (χ2n) is 16.7. The van der Waals surface area contributed by atoms with Gasteiger partial charge in [-0.3, -0.25) is 0 Å². The Morgan fingerprint density at radius 3 is 2.00 bits per heavy atom.